The van der Waals surface area contributed by atoms with Crippen LogP contribution in [0.3, 0.4) is 0 Å². The van der Waals surface area contributed by atoms with E-state index in [0.717, 1.165) is 48.3 Å². The summed E-state index contributed by atoms with van der Waals surface area (Å²) < 4.78 is 0. The number of hydrogen-bond acceptors (Lipinski definition) is 3. The van der Waals surface area contributed by atoms with E-state index in [4.69, 9.17) is 5.73 Å². The quantitative estimate of drug-likeness (QED) is 0.945. The molecule has 0 aliphatic carbocycles. The Morgan fingerprint density at radius 1 is 1.04 bits per heavy atom. The number of hydrogen-bond donors (Lipinski definition) is 1. The van der Waals surface area contributed by atoms with Gasteiger partial charge < -0.3 is 15.5 Å². The third kappa shape index (κ3) is 3.60. The Kier molecular flexibility index (Phi) is 4.86. The van der Waals surface area contributed by atoms with Crippen LogP contribution < -0.4 is 10.6 Å². The van der Waals surface area contributed by atoms with E-state index in [9.17, 15) is 4.79 Å². The predicted octanol–water partition coefficient (Wildman–Crippen LogP) is 2.98. The SMILES string of the molecule is CN(C)c1ccc(-c2cccc(C(=O)N3CCC(N)CC3)c2)cc1. The van der Waals surface area contributed by atoms with E-state index in [0.29, 0.717) is 0 Å². The van der Waals surface area contributed by atoms with Crippen molar-refractivity contribution in [1.82, 2.24) is 4.90 Å². The number of likely N-dealkylation sites (tertiary alicyclic amines) is 1. The first-order valence-electron chi connectivity index (χ1n) is 8.47. The van der Waals surface area contributed by atoms with Gasteiger partial charge in [-0.2, -0.15) is 0 Å². The van der Waals surface area contributed by atoms with Gasteiger partial charge in [-0.1, -0.05) is 24.3 Å². The highest BCUT2D eigenvalue weighted by atomic mass is 16.2. The topological polar surface area (TPSA) is 49.6 Å². The minimum atomic E-state index is 0.105. The molecule has 3 rings (SSSR count). The highest BCUT2D eigenvalue weighted by Crippen LogP contribution is 2.24. The van der Waals surface area contributed by atoms with Crippen LogP contribution in [0.4, 0.5) is 5.69 Å². The molecule has 0 unspecified atom stereocenters. The lowest BCUT2D eigenvalue weighted by molar-refractivity contribution is 0.0715. The Morgan fingerprint density at radius 2 is 1.71 bits per heavy atom. The fourth-order valence-corrected chi connectivity index (χ4v) is 3.07. The summed E-state index contributed by atoms with van der Waals surface area (Å²) in [6.07, 6.45) is 1.77. The van der Waals surface area contributed by atoms with Crippen molar-refractivity contribution in [3.8, 4) is 11.1 Å². The molecule has 1 aliphatic rings. The van der Waals surface area contributed by atoms with Crippen molar-refractivity contribution in [2.45, 2.75) is 18.9 Å². The zero-order valence-corrected chi connectivity index (χ0v) is 14.4. The normalized spacial score (nSPS) is 15.4. The van der Waals surface area contributed by atoms with E-state index in [1.165, 1.54) is 0 Å². The van der Waals surface area contributed by atoms with Crippen LogP contribution in [0.15, 0.2) is 48.5 Å². The summed E-state index contributed by atoms with van der Waals surface area (Å²) >= 11 is 0. The van der Waals surface area contributed by atoms with E-state index in [-0.39, 0.29) is 11.9 Å². The molecule has 4 nitrogen and oxygen atoms in total. The van der Waals surface area contributed by atoms with Crippen molar-refractivity contribution >= 4 is 11.6 Å². The van der Waals surface area contributed by atoms with Gasteiger partial charge in [-0.25, -0.2) is 0 Å². The van der Waals surface area contributed by atoms with E-state index in [1.807, 2.05) is 43.3 Å². The molecule has 24 heavy (non-hydrogen) atoms. The number of nitrogens with two attached hydrogens (primary N) is 1. The number of nitrogens with zero attached hydrogens (tertiary/aromatic N) is 2. The van der Waals surface area contributed by atoms with Gasteiger partial charge in [0.05, 0.1) is 0 Å². The van der Waals surface area contributed by atoms with Crippen molar-refractivity contribution in [2.75, 3.05) is 32.1 Å². The Morgan fingerprint density at radius 3 is 2.33 bits per heavy atom. The molecule has 1 amide bonds. The second-order valence-corrected chi connectivity index (χ2v) is 6.65. The van der Waals surface area contributed by atoms with Gasteiger partial charge in [0.25, 0.3) is 5.91 Å². The molecule has 1 saturated heterocycles. The molecule has 2 aromatic rings. The molecule has 1 aliphatic heterocycles. The molecule has 0 spiro atoms. The van der Waals surface area contributed by atoms with Crippen LogP contribution in [-0.2, 0) is 0 Å². The number of benzene rings is 2. The van der Waals surface area contributed by atoms with Gasteiger partial charge in [-0.15, -0.1) is 0 Å². The fraction of sp³-hybridized carbons (Fsp3) is 0.350. The Bertz CT molecular complexity index is 701. The van der Waals surface area contributed by atoms with Crippen LogP contribution in [0.5, 0.6) is 0 Å². The van der Waals surface area contributed by atoms with Crippen LogP contribution in [0.1, 0.15) is 23.2 Å². The van der Waals surface area contributed by atoms with Gasteiger partial charge in [-0.3, -0.25) is 4.79 Å². The molecule has 0 radical (unpaired) electrons. The summed E-state index contributed by atoms with van der Waals surface area (Å²) in [7, 11) is 4.05. The number of carbonyl (C=O) groups excluding carboxylic acids is 1. The summed E-state index contributed by atoms with van der Waals surface area (Å²) in [6, 6.07) is 16.5. The van der Waals surface area contributed by atoms with Gasteiger partial charge >= 0.3 is 0 Å². The van der Waals surface area contributed by atoms with E-state index in [1.54, 1.807) is 0 Å². The van der Waals surface area contributed by atoms with Crippen molar-refractivity contribution in [3.05, 3.63) is 54.1 Å². The monoisotopic (exact) mass is 323 g/mol. The molecule has 0 aromatic heterocycles. The lowest BCUT2D eigenvalue weighted by Crippen LogP contribution is -2.42. The second kappa shape index (κ2) is 7.05. The summed E-state index contributed by atoms with van der Waals surface area (Å²) in [5.74, 6) is 0.105. The maximum atomic E-state index is 12.7. The van der Waals surface area contributed by atoms with Crippen molar-refractivity contribution < 1.29 is 4.79 Å². The third-order valence-corrected chi connectivity index (χ3v) is 4.65. The number of rotatable bonds is 3. The van der Waals surface area contributed by atoms with E-state index in [2.05, 4.69) is 29.2 Å². The average Bonchev–Trinajstić information content (AvgIpc) is 2.62. The second-order valence-electron chi connectivity index (χ2n) is 6.65. The van der Waals surface area contributed by atoms with Gasteiger partial charge in [-0.05, 0) is 48.2 Å². The molecule has 0 atom stereocenters. The van der Waals surface area contributed by atoms with Gasteiger partial charge in [0.2, 0.25) is 0 Å². The first-order valence-corrected chi connectivity index (χ1v) is 8.47. The standard InChI is InChI=1S/C20H25N3O/c1-22(2)19-8-6-15(7-9-19)16-4-3-5-17(14-16)20(24)23-12-10-18(21)11-13-23/h3-9,14,18H,10-13,21H2,1-2H3. The highest BCUT2D eigenvalue weighted by molar-refractivity contribution is 5.95. The number of anilines is 1. The van der Waals surface area contributed by atoms with Crippen LogP contribution in [0.2, 0.25) is 0 Å². The molecule has 0 bridgehead atoms. The van der Waals surface area contributed by atoms with Crippen molar-refractivity contribution in [3.63, 3.8) is 0 Å². The molecule has 0 saturated carbocycles. The summed E-state index contributed by atoms with van der Waals surface area (Å²) in [4.78, 5) is 16.7. The highest BCUT2D eigenvalue weighted by Gasteiger charge is 2.21. The molecule has 1 fully saturated rings. The largest absolute Gasteiger partial charge is 0.378 e. The van der Waals surface area contributed by atoms with Crippen LogP contribution >= 0.6 is 0 Å². The Balaban J connectivity index is 1.79. The zero-order valence-electron chi connectivity index (χ0n) is 14.4. The first kappa shape index (κ1) is 16.5. The van der Waals surface area contributed by atoms with Gasteiger partial charge in [0.1, 0.15) is 0 Å². The zero-order chi connectivity index (χ0) is 17.1. The molecule has 1 heterocycles. The van der Waals surface area contributed by atoms with Crippen molar-refractivity contribution in [1.29, 1.82) is 0 Å². The molecular weight excluding hydrogens is 298 g/mol. The Labute approximate surface area is 143 Å². The third-order valence-electron chi connectivity index (χ3n) is 4.65. The van der Waals surface area contributed by atoms with Crippen molar-refractivity contribution in [2.24, 2.45) is 5.73 Å². The van der Waals surface area contributed by atoms with Crippen LogP contribution in [0, 0.1) is 0 Å². The molecular formula is C20H25N3O. The van der Waals surface area contributed by atoms with E-state index < -0.39 is 0 Å². The fourth-order valence-electron chi connectivity index (χ4n) is 3.07. The van der Waals surface area contributed by atoms with E-state index >= 15 is 0 Å². The minimum Gasteiger partial charge on any atom is -0.378 e. The summed E-state index contributed by atoms with van der Waals surface area (Å²) in [5.41, 5.74) is 10.0. The lowest BCUT2D eigenvalue weighted by atomic mass is 10.0. The number of carbonyl (C=O) groups is 1. The Hall–Kier alpha value is -2.33. The summed E-state index contributed by atoms with van der Waals surface area (Å²) in [5, 5.41) is 0. The molecule has 4 heteroatoms. The smallest absolute Gasteiger partial charge is 0.253 e. The van der Waals surface area contributed by atoms with Gasteiger partial charge in [0.15, 0.2) is 0 Å². The number of amides is 1. The molecule has 2 aromatic carbocycles. The maximum Gasteiger partial charge on any atom is 0.253 e. The number of piperidine rings is 1. The predicted molar refractivity (Wildman–Crippen MR) is 99.3 cm³/mol. The molecule has 126 valence electrons. The van der Waals surface area contributed by atoms with Crippen LogP contribution in [0.25, 0.3) is 11.1 Å². The van der Waals surface area contributed by atoms with Crippen LogP contribution in [-0.4, -0.2) is 44.0 Å². The summed E-state index contributed by atoms with van der Waals surface area (Å²) in [6.45, 7) is 1.50. The minimum absolute atomic E-state index is 0.105. The molecule has 2 N–H and O–H groups in total. The maximum absolute atomic E-state index is 12.7. The first-order chi connectivity index (χ1) is 11.5. The van der Waals surface area contributed by atoms with Gasteiger partial charge in [0, 0.05) is 44.5 Å². The average molecular weight is 323 g/mol. The lowest BCUT2D eigenvalue weighted by Gasteiger charge is -2.30.